The Balaban J connectivity index is 2.28. The second-order valence-corrected chi connectivity index (χ2v) is 2.92. The fourth-order valence-electron chi connectivity index (χ4n) is 1.13. The van der Waals surface area contributed by atoms with Crippen LogP contribution in [0.15, 0.2) is 41.3 Å². The number of para-hydroxylation sites is 1. The van der Waals surface area contributed by atoms with Crippen LogP contribution in [-0.4, -0.2) is 9.78 Å². The van der Waals surface area contributed by atoms with Gasteiger partial charge in [0.25, 0.3) is 0 Å². The lowest BCUT2D eigenvalue weighted by Gasteiger charge is -1.99. The summed E-state index contributed by atoms with van der Waals surface area (Å²) >= 11 is 0. The summed E-state index contributed by atoms with van der Waals surface area (Å²) in [5.41, 5.74) is -0.172. The Labute approximate surface area is 80.7 Å². The van der Waals surface area contributed by atoms with Crippen molar-refractivity contribution in [2.45, 2.75) is 0 Å². The summed E-state index contributed by atoms with van der Waals surface area (Å²) in [6.45, 7) is 0. The predicted octanol–water partition coefficient (Wildman–Crippen LogP) is 1.51. The zero-order valence-electron chi connectivity index (χ0n) is 7.73. The molecule has 4 heteroatoms. The lowest BCUT2D eigenvalue weighted by atomic mass is 10.3. The summed E-state index contributed by atoms with van der Waals surface area (Å²) in [4.78, 5) is 11.4. The van der Waals surface area contributed by atoms with Gasteiger partial charge in [-0.15, -0.1) is 0 Å². The van der Waals surface area contributed by atoms with Crippen LogP contribution in [0.3, 0.4) is 0 Å². The van der Waals surface area contributed by atoms with Crippen molar-refractivity contribution in [3.8, 4) is 11.5 Å². The molecule has 14 heavy (non-hydrogen) atoms. The second kappa shape index (κ2) is 3.41. The number of rotatable bonds is 2. The molecule has 0 radical (unpaired) electrons. The van der Waals surface area contributed by atoms with Gasteiger partial charge in [0.15, 0.2) is 0 Å². The summed E-state index contributed by atoms with van der Waals surface area (Å²) < 4.78 is 6.72. The van der Waals surface area contributed by atoms with E-state index < -0.39 is 0 Å². The molecule has 0 fully saturated rings. The van der Waals surface area contributed by atoms with Gasteiger partial charge in [-0.2, -0.15) is 0 Å². The molecule has 2 aromatic rings. The van der Waals surface area contributed by atoms with Gasteiger partial charge in [0.1, 0.15) is 5.75 Å². The Morgan fingerprint density at radius 1 is 1.29 bits per heavy atom. The normalized spacial score (nSPS) is 10.1. The van der Waals surface area contributed by atoms with E-state index in [1.54, 1.807) is 19.2 Å². The van der Waals surface area contributed by atoms with E-state index in [4.69, 9.17) is 4.74 Å². The third-order valence-electron chi connectivity index (χ3n) is 1.88. The highest BCUT2D eigenvalue weighted by Crippen LogP contribution is 2.15. The van der Waals surface area contributed by atoms with Crippen molar-refractivity contribution in [1.82, 2.24) is 9.78 Å². The first-order chi connectivity index (χ1) is 6.77. The van der Waals surface area contributed by atoms with Gasteiger partial charge in [0.2, 0.25) is 5.75 Å². The third kappa shape index (κ3) is 1.54. The number of aryl methyl sites for hydroxylation is 1. The van der Waals surface area contributed by atoms with Crippen molar-refractivity contribution >= 4 is 0 Å². The van der Waals surface area contributed by atoms with Gasteiger partial charge in [-0.05, 0) is 12.1 Å². The third-order valence-corrected chi connectivity index (χ3v) is 1.88. The molecular formula is C10H10N2O2. The van der Waals surface area contributed by atoms with Crippen molar-refractivity contribution < 1.29 is 4.74 Å². The molecule has 0 saturated heterocycles. The number of nitrogens with zero attached hydrogens (tertiary/aromatic N) is 1. The molecule has 0 saturated carbocycles. The minimum Gasteiger partial charge on any atom is -0.450 e. The SMILES string of the molecule is Cn1[nH]cc(Oc2ccccc2)c1=O. The monoisotopic (exact) mass is 190 g/mol. The van der Waals surface area contributed by atoms with Gasteiger partial charge in [0, 0.05) is 7.05 Å². The summed E-state index contributed by atoms with van der Waals surface area (Å²) in [5.74, 6) is 0.961. The second-order valence-electron chi connectivity index (χ2n) is 2.92. The first-order valence-corrected chi connectivity index (χ1v) is 4.24. The van der Waals surface area contributed by atoms with Gasteiger partial charge in [-0.1, -0.05) is 18.2 Å². The maximum Gasteiger partial charge on any atom is 0.309 e. The Morgan fingerprint density at radius 3 is 2.57 bits per heavy atom. The molecule has 0 aliphatic heterocycles. The first-order valence-electron chi connectivity index (χ1n) is 4.24. The minimum absolute atomic E-state index is 0.172. The molecule has 1 N–H and O–H groups in total. The number of aromatic nitrogens is 2. The molecule has 1 aromatic heterocycles. The van der Waals surface area contributed by atoms with Crippen molar-refractivity contribution in [1.29, 1.82) is 0 Å². The number of benzene rings is 1. The van der Waals surface area contributed by atoms with Crippen LogP contribution in [0.2, 0.25) is 0 Å². The molecule has 0 unspecified atom stereocenters. The Bertz CT molecular complexity index is 470. The van der Waals surface area contributed by atoms with Gasteiger partial charge in [0.05, 0.1) is 6.20 Å². The van der Waals surface area contributed by atoms with Crippen LogP contribution in [0.1, 0.15) is 0 Å². The van der Waals surface area contributed by atoms with Crippen LogP contribution < -0.4 is 10.3 Å². The van der Waals surface area contributed by atoms with E-state index in [2.05, 4.69) is 5.10 Å². The zero-order valence-corrected chi connectivity index (χ0v) is 7.73. The van der Waals surface area contributed by atoms with Gasteiger partial charge < -0.3 is 4.74 Å². The summed E-state index contributed by atoms with van der Waals surface area (Å²) in [5, 5.41) is 2.74. The molecule has 0 aliphatic carbocycles. The number of aromatic amines is 1. The first kappa shape index (κ1) is 8.62. The van der Waals surface area contributed by atoms with Crippen LogP contribution in [0.25, 0.3) is 0 Å². The lowest BCUT2D eigenvalue weighted by Crippen LogP contribution is -2.12. The summed E-state index contributed by atoms with van der Waals surface area (Å²) in [7, 11) is 1.64. The van der Waals surface area contributed by atoms with Gasteiger partial charge in [-0.3, -0.25) is 14.6 Å². The molecule has 0 spiro atoms. The van der Waals surface area contributed by atoms with Crippen molar-refractivity contribution in [2.75, 3.05) is 0 Å². The van der Waals surface area contributed by atoms with Crippen molar-refractivity contribution in [3.05, 3.63) is 46.9 Å². The van der Waals surface area contributed by atoms with E-state index in [0.717, 1.165) is 0 Å². The number of ether oxygens (including phenoxy) is 1. The molecule has 1 aromatic carbocycles. The molecule has 2 rings (SSSR count). The molecule has 0 atom stereocenters. The van der Waals surface area contributed by atoms with Crippen LogP contribution in [-0.2, 0) is 7.05 Å². The fourth-order valence-corrected chi connectivity index (χ4v) is 1.13. The minimum atomic E-state index is -0.172. The number of hydrogen-bond acceptors (Lipinski definition) is 2. The Kier molecular flexibility index (Phi) is 2.10. The van der Waals surface area contributed by atoms with Crippen LogP contribution in [0, 0.1) is 0 Å². The predicted molar refractivity (Wildman–Crippen MR) is 52.5 cm³/mol. The standard InChI is InChI=1S/C10H10N2O2/c1-12-10(13)9(7-11-12)14-8-5-3-2-4-6-8/h2-7,11H,1H3. The fraction of sp³-hybridized carbons (Fsp3) is 0.100. The highest BCUT2D eigenvalue weighted by molar-refractivity contribution is 5.27. The maximum absolute atomic E-state index is 11.4. The highest BCUT2D eigenvalue weighted by atomic mass is 16.5. The molecule has 0 bridgehead atoms. The highest BCUT2D eigenvalue weighted by Gasteiger charge is 2.04. The molecule has 72 valence electrons. The van der Waals surface area contributed by atoms with Gasteiger partial charge >= 0.3 is 5.56 Å². The molecule has 4 nitrogen and oxygen atoms in total. The van der Waals surface area contributed by atoms with Crippen LogP contribution >= 0.6 is 0 Å². The van der Waals surface area contributed by atoms with Gasteiger partial charge in [-0.25, -0.2) is 0 Å². The van der Waals surface area contributed by atoms with Crippen LogP contribution in [0.4, 0.5) is 0 Å². The maximum atomic E-state index is 11.4. The average molecular weight is 190 g/mol. The lowest BCUT2D eigenvalue weighted by molar-refractivity contribution is 0.476. The van der Waals surface area contributed by atoms with Crippen molar-refractivity contribution in [2.24, 2.45) is 7.05 Å². The molecular weight excluding hydrogens is 180 g/mol. The summed E-state index contributed by atoms with van der Waals surface area (Å²) in [6.07, 6.45) is 1.54. The topological polar surface area (TPSA) is 47.0 Å². The number of nitrogens with one attached hydrogen (secondary N) is 1. The quantitative estimate of drug-likeness (QED) is 0.780. The molecule has 0 aliphatic rings. The van der Waals surface area contributed by atoms with E-state index in [9.17, 15) is 4.79 Å². The van der Waals surface area contributed by atoms with Crippen molar-refractivity contribution in [3.63, 3.8) is 0 Å². The van der Waals surface area contributed by atoms with E-state index in [-0.39, 0.29) is 5.56 Å². The Hall–Kier alpha value is -1.97. The smallest absolute Gasteiger partial charge is 0.309 e. The molecule has 1 heterocycles. The molecule has 0 amide bonds. The van der Waals surface area contributed by atoms with E-state index in [1.807, 2.05) is 18.2 Å². The Morgan fingerprint density at radius 2 is 2.00 bits per heavy atom. The summed E-state index contributed by atoms with van der Waals surface area (Å²) in [6, 6.07) is 9.19. The van der Waals surface area contributed by atoms with Crippen LogP contribution in [0.5, 0.6) is 11.5 Å². The van der Waals surface area contributed by atoms with E-state index in [0.29, 0.717) is 11.5 Å². The zero-order chi connectivity index (χ0) is 9.97. The van der Waals surface area contributed by atoms with E-state index in [1.165, 1.54) is 10.9 Å². The average Bonchev–Trinajstić information content (AvgIpc) is 2.52. The number of H-pyrrole nitrogens is 1. The largest absolute Gasteiger partial charge is 0.450 e. The van der Waals surface area contributed by atoms with E-state index >= 15 is 0 Å². The number of hydrogen-bond donors (Lipinski definition) is 1.